The average Bonchev–Trinajstić information content (AvgIpc) is 3.28. The number of benzene rings is 2. The van der Waals surface area contributed by atoms with Crippen LogP contribution in [0.25, 0.3) is 15.5 Å². The smallest absolute Gasteiger partial charge is 0.262 e. The predicted molar refractivity (Wildman–Crippen MR) is 114 cm³/mol. The number of carbonyl (C=O) groups excluding carboxylic acids is 1. The van der Waals surface area contributed by atoms with E-state index in [1.54, 1.807) is 22.7 Å². The van der Waals surface area contributed by atoms with Gasteiger partial charge in [0, 0.05) is 22.7 Å². The minimum atomic E-state index is -0.247. The Bertz CT molecular complexity index is 1190. The number of rotatable bonds is 6. The number of hydrogen-bond acceptors (Lipinski definition) is 6. The number of amides is 1. The fourth-order valence-corrected chi connectivity index (χ4v) is 3.92. The van der Waals surface area contributed by atoms with Crippen molar-refractivity contribution in [2.45, 2.75) is 20.3 Å². The molecule has 2 aromatic heterocycles. The second-order valence-electron chi connectivity index (χ2n) is 6.40. The van der Waals surface area contributed by atoms with Gasteiger partial charge in [-0.05, 0) is 42.8 Å². The topological polar surface area (TPSA) is 81.4 Å². The lowest BCUT2D eigenvalue weighted by molar-refractivity contribution is -0.118. The van der Waals surface area contributed by atoms with Gasteiger partial charge in [-0.2, -0.15) is 9.61 Å². The first-order valence-electron chi connectivity index (χ1n) is 9.04. The summed E-state index contributed by atoms with van der Waals surface area (Å²) in [5.74, 6) is 1.20. The van der Waals surface area contributed by atoms with E-state index in [0.717, 1.165) is 33.3 Å². The zero-order valence-electron chi connectivity index (χ0n) is 15.8. The summed E-state index contributed by atoms with van der Waals surface area (Å²) in [5.41, 5.74) is 2.45. The number of nitrogens with one attached hydrogen (secondary N) is 1. The molecule has 0 unspecified atom stereocenters. The van der Waals surface area contributed by atoms with Crippen LogP contribution in [0.1, 0.15) is 18.3 Å². The quantitative estimate of drug-likeness (QED) is 0.493. The summed E-state index contributed by atoms with van der Waals surface area (Å²) < 4.78 is 7.35. The Morgan fingerprint density at radius 1 is 1.24 bits per heavy atom. The third kappa shape index (κ3) is 4.23. The van der Waals surface area contributed by atoms with Crippen LogP contribution in [0.4, 0.5) is 5.69 Å². The van der Waals surface area contributed by atoms with Gasteiger partial charge in [0.2, 0.25) is 4.96 Å². The molecule has 4 aromatic rings. The summed E-state index contributed by atoms with van der Waals surface area (Å²) in [6.45, 7) is 3.80. The highest BCUT2D eigenvalue weighted by Crippen LogP contribution is 2.27. The minimum absolute atomic E-state index is 0.0939. The molecule has 0 aliphatic rings. The van der Waals surface area contributed by atoms with Crippen molar-refractivity contribution in [3.05, 3.63) is 58.9 Å². The summed E-state index contributed by atoms with van der Waals surface area (Å²) in [5, 5.41) is 17.1. The molecule has 0 saturated carbocycles. The number of hydrogen-bond donors (Lipinski definition) is 1. The molecule has 1 N–H and O–H groups in total. The lowest BCUT2D eigenvalue weighted by atomic mass is 10.2. The Morgan fingerprint density at radius 3 is 2.90 bits per heavy atom. The summed E-state index contributed by atoms with van der Waals surface area (Å²) in [6.07, 6.45) is 0.757. The first-order chi connectivity index (χ1) is 14.0. The van der Waals surface area contributed by atoms with Crippen LogP contribution in [-0.4, -0.2) is 32.3 Å². The second kappa shape index (κ2) is 8.18. The van der Waals surface area contributed by atoms with E-state index in [-0.39, 0.29) is 12.5 Å². The number of halogens is 1. The lowest BCUT2D eigenvalue weighted by Gasteiger charge is -2.10. The highest BCUT2D eigenvalue weighted by molar-refractivity contribution is 7.19. The molecule has 148 valence electrons. The molecule has 0 radical (unpaired) electrons. The van der Waals surface area contributed by atoms with Crippen molar-refractivity contribution < 1.29 is 9.53 Å². The van der Waals surface area contributed by atoms with Crippen LogP contribution in [0.3, 0.4) is 0 Å². The Morgan fingerprint density at radius 2 is 2.10 bits per heavy atom. The van der Waals surface area contributed by atoms with Crippen LogP contribution in [0.5, 0.6) is 5.75 Å². The van der Waals surface area contributed by atoms with Crippen molar-refractivity contribution in [1.82, 2.24) is 19.8 Å². The maximum Gasteiger partial charge on any atom is 0.262 e. The third-order valence-electron chi connectivity index (χ3n) is 4.26. The van der Waals surface area contributed by atoms with Gasteiger partial charge in [0.1, 0.15) is 10.8 Å². The number of aryl methyl sites for hydroxylation is 2. The van der Waals surface area contributed by atoms with Gasteiger partial charge in [0.15, 0.2) is 12.4 Å². The van der Waals surface area contributed by atoms with E-state index >= 15 is 0 Å². The molecule has 0 atom stereocenters. The van der Waals surface area contributed by atoms with Crippen LogP contribution < -0.4 is 10.1 Å². The zero-order valence-corrected chi connectivity index (χ0v) is 17.4. The van der Waals surface area contributed by atoms with Gasteiger partial charge in [-0.15, -0.1) is 10.2 Å². The van der Waals surface area contributed by atoms with E-state index in [2.05, 4.69) is 20.6 Å². The number of nitrogens with zero attached hydrogens (tertiary/aromatic N) is 4. The van der Waals surface area contributed by atoms with Crippen molar-refractivity contribution in [1.29, 1.82) is 0 Å². The second-order valence-corrected chi connectivity index (χ2v) is 7.79. The van der Waals surface area contributed by atoms with Gasteiger partial charge in [0.25, 0.3) is 5.91 Å². The largest absolute Gasteiger partial charge is 0.483 e. The van der Waals surface area contributed by atoms with E-state index < -0.39 is 0 Å². The molecule has 0 bridgehead atoms. The summed E-state index contributed by atoms with van der Waals surface area (Å²) >= 11 is 7.39. The molecule has 0 aliphatic heterocycles. The average molecular weight is 428 g/mol. The maximum absolute atomic E-state index is 12.3. The summed E-state index contributed by atoms with van der Waals surface area (Å²) in [7, 11) is 0. The fraction of sp³-hybridized carbons (Fsp3) is 0.200. The molecule has 0 aliphatic carbocycles. The van der Waals surface area contributed by atoms with Gasteiger partial charge in [-0.25, -0.2) is 0 Å². The van der Waals surface area contributed by atoms with E-state index in [1.165, 1.54) is 11.3 Å². The predicted octanol–water partition coefficient (Wildman–Crippen LogP) is 4.39. The first kappa shape index (κ1) is 19.4. The standard InChI is InChI=1S/C20H18ClN5O2S/c1-3-17-23-24-20-26(17)25-19(29-20)13-5-4-6-15(10-13)22-18(27)11-28-16-8-7-14(21)9-12(16)2/h4-10H,3,11H2,1-2H3,(H,22,27). The Kier molecular flexibility index (Phi) is 5.46. The molecule has 2 heterocycles. The molecule has 7 nitrogen and oxygen atoms in total. The van der Waals surface area contributed by atoms with Crippen LogP contribution in [0.15, 0.2) is 42.5 Å². The number of carbonyl (C=O) groups is 1. The normalized spacial score (nSPS) is 11.0. The lowest BCUT2D eigenvalue weighted by Crippen LogP contribution is -2.20. The molecule has 2 aromatic carbocycles. The van der Waals surface area contributed by atoms with E-state index in [0.29, 0.717) is 16.5 Å². The molecule has 0 spiro atoms. The van der Waals surface area contributed by atoms with Gasteiger partial charge >= 0.3 is 0 Å². The minimum Gasteiger partial charge on any atom is -0.483 e. The molecule has 9 heteroatoms. The van der Waals surface area contributed by atoms with Gasteiger partial charge in [-0.1, -0.05) is 42.0 Å². The number of anilines is 1. The van der Waals surface area contributed by atoms with Gasteiger partial charge in [0.05, 0.1) is 0 Å². The Balaban J connectivity index is 1.45. The van der Waals surface area contributed by atoms with Crippen LogP contribution in [0.2, 0.25) is 5.02 Å². The van der Waals surface area contributed by atoms with E-state index in [1.807, 2.05) is 38.1 Å². The summed E-state index contributed by atoms with van der Waals surface area (Å²) in [4.78, 5) is 13.0. The molecule has 4 rings (SSSR count). The molecule has 0 fully saturated rings. The molecular weight excluding hydrogens is 410 g/mol. The van der Waals surface area contributed by atoms with Gasteiger partial charge in [-0.3, -0.25) is 4.79 Å². The summed E-state index contributed by atoms with van der Waals surface area (Å²) in [6, 6.07) is 12.8. The highest BCUT2D eigenvalue weighted by Gasteiger charge is 2.13. The third-order valence-corrected chi connectivity index (χ3v) is 5.44. The van der Waals surface area contributed by atoms with Crippen LogP contribution in [0, 0.1) is 6.92 Å². The zero-order chi connectivity index (χ0) is 20.4. The van der Waals surface area contributed by atoms with Gasteiger partial charge < -0.3 is 10.1 Å². The van der Waals surface area contributed by atoms with Crippen LogP contribution in [-0.2, 0) is 11.2 Å². The van der Waals surface area contributed by atoms with Crippen LogP contribution >= 0.6 is 22.9 Å². The maximum atomic E-state index is 12.3. The fourth-order valence-electron chi connectivity index (χ4n) is 2.84. The number of aromatic nitrogens is 4. The number of fused-ring (bicyclic) bond motifs is 1. The van der Waals surface area contributed by atoms with Crippen molar-refractivity contribution in [3.63, 3.8) is 0 Å². The molecule has 29 heavy (non-hydrogen) atoms. The Hall–Kier alpha value is -2.97. The molecular formula is C20H18ClN5O2S. The van der Waals surface area contributed by atoms with Crippen molar-refractivity contribution >= 4 is 39.5 Å². The number of ether oxygens (including phenoxy) is 1. The molecule has 0 saturated heterocycles. The molecule has 1 amide bonds. The van der Waals surface area contributed by atoms with Crippen molar-refractivity contribution in [2.24, 2.45) is 0 Å². The SMILES string of the molecule is CCc1nnc2sc(-c3cccc(NC(=O)COc4ccc(Cl)cc4C)c3)nn12. The monoisotopic (exact) mass is 427 g/mol. The van der Waals surface area contributed by atoms with E-state index in [9.17, 15) is 4.79 Å². The van der Waals surface area contributed by atoms with E-state index in [4.69, 9.17) is 16.3 Å². The van der Waals surface area contributed by atoms with Crippen molar-refractivity contribution in [2.75, 3.05) is 11.9 Å². The first-order valence-corrected chi connectivity index (χ1v) is 10.2. The van der Waals surface area contributed by atoms with Crippen molar-refractivity contribution in [3.8, 4) is 16.3 Å². The highest BCUT2D eigenvalue weighted by atomic mass is 35.5. The Labute approximate surface area is 176 Å².